The highest BCUT2D eigenvalue weighted by Gasteiger charge is 2.38. The van der Waals surface area contributed by atoms with Gasteiger partial charge in [0, 0.05) is 18.4 Å². The second kappa shape index (κ2) is 9.09. The third-order valence-corrected chi connectivity index (χ3v) is 6.87. The molecule has 4 heteroatoms. The second-order valence-electron chi connectivity index (χ2n) is 8.18. The van der Waals surface area contributed by atoms with Crippen LogP contribution in [0.5, 0.6) is 0 Å². The summed E-state index contributed by atoms with van der Waals surface area (Å²) in [6.07, 6.45) is 5.55. The van der Waals surface area contributed by atoms with Gasteiger partial charge in [-0.15, -0.1) is 0 Å². The Morgan fingerprint density at radius 2 is 1.92 bits per heavy atom. The molecule has 0 spiro atoms. The highest BCUT2D eigenvalue weighted by molar-refractivity contribution is 7.84. The Labute approximate surface area is 155 Å². The summed E-state index contributed by atoms with van der Waals surface area (Å²) in [5, 5.41) is 0. The van der Waals surface area contributed by atoms with Gasteiger partial charge in [-0.1, -0.05) is 43.7 Å². The molecule has 0 saturated heterocycles. The fourth-order valence-electron chi connectivity index (χ4n) is 3.75. The van der Waals surface area contributed by atoms with Crippen LogP contribution in [0.2, 0.25) is 0 Å². The molecule has 25 heavy (non-hydrogen) atoms. The molecule has 4 atom stereocenters. The van der Waals surface area contributed by atoms with Crippen LogP contribution in [0.4, 0.5) is 0 Å². The monoisotopic (exact) mass is 363 g/mol. The van der Waals surface area contributed by atoms with E-state index in [1.54, 1.807) is 0 Å². The Bertz CT molecular complexity index is 579. The first kappa shape index (κ1) is 20.3. The molecule has 1 saturated carbocycles. The maximum atomic E-state index is 12.7. The summed E-state index contributed by atoms with van der Waals surface area (Å²) in [5.74, 6) is 0.759. The van der Waals surface area contributed by atoms with Crippen molar-refractivity contribution in [3.8, 4) is 0 Å². The minimum absolute atomic E-state index is 0.00578. The number of nitrogens with one attached hydrogen (secondary N) is 1. The van der Waals surface area contributed by atoms with Gasteiger partial charge in [0.2, 0.25) is 0 Å². The van der Waals surface area contributed by atoms with Crippen LogP contribution in [-0.4, -0.2) is 20.8 Å². The zero-order chi connectivity index (χ0) is 18.4. The van der Waals surface area contributed by atoms with Crippen molar-refractivity contribution in [3.63, 3.8) is 0 Å². The standard InChI is InChI=1S/C21H33NO2S/c1-5-17-12-9-13-19(23)20(17)18(22-25(24)21(2,3)4)15-14-16-10-7-6-8-11-16/h6-8,10-11,17-18,20,22H,5,9,12-15H2,1-4H3/t17-,18+,20-,25?/m0/s1. The average Bonchev–Trinajstić information content (AvgIpc) is 2.58. The van der Waals surface area contributed by atoms with Gasteiger partial charge in [0.25, 0.3) is 0 Å². The van der Waals surface area contributed by atoms with Crippen LogP contribution >= 0.6 is 0 Å². The van der Waals surface area contributed by atoms with Gasteiger partial charge in [0.1, 0.15) is 5.78 Å². The zero-order valence-corrected chi connectivity index (χ0v) is 16.9. The van der Waals surface area contributed by atoms with Crippen molar-refractivity contribution in [2.75, 3.05) is 0 Å². The van der Waals surface area contributed by atoms with Gasteiger partial charge >= 0.3 is 0 Å². The predicted octanol–water partition coefficient (Wildman–Crippen LogP) is 4.44. The quantitative estimate of drug-likeness (QED) is 0.779. The minimum Gasteiger partial charge on any atom is -0.299 e. The van der Waals surface area contributed by atoms with Crippen molar-refractivity contribution in [3.05, 3.63) is 35.9 Å². The number of ketones is 1. The van der Waals surface area contributed by atoms with Gasteiger partial charge in [-0.05, 0) is 57.9 Å². The Kier molecular flexibility index (Phi) is 7.38. The fraction of sp³-hybridized carbons (Fsp3) is 0.667. The lowest BCUT2D eigenvalue weighted by Gasteiger charge is -2.37. The molecule has 1 N–H and O–H groups in total. The van der Waals surface area contributed by atoms with Crippen molar-refractivity contribution in [1.82, 2.24) is 4.72 Å². The molecule has 1 aromatic carbocycles. The van der Waals surface area contributed by atoms with Crippen LogP contribution in [-0.2, 0) is 22.2 Å². The number of aryl methyl sites for hydroxylation is 1. The molecule has 1 fully saturated rings. The van der Waals surface area contributed by atoms with Crippen molar-refractivity contribution in [2.24, 2.45) is 11.8 Å². The molecule has 0 radical (unpaired) electrons. The largest absolute Gasteiger partial charge is 0.299 e. The normalized spacial score (nSPS) is 24.1. The number of Topliss-reactive ketones (excluding diaryl/α,β-unsaturated/α-hetero) is 1. The van der Waals surface area contributed by atoms with Gasteiger partial charge in [-0.3, -0.25) is 4.79 Å². The number of benzene rings is 1. The number of rotatable bonds is 7. The molecule has 2 rings (SSSR count). The second-order valence-corrected chi connectivity index (χ2v) is 10.2. The van der Waals surface area contributed by atoms with E-state index in [1.807, 2.05) is 39.0 Å². The highest BCUT2D eigenvalue weighted by Crippen LogP contribution is 2.34. The van der Waals surface area contributed by atoms with E-state index in [-0.39, 0.29) is 16.7 Å². The first-order valence-corrected chi connectivity index (χ1v) is 10.7. The van der Waals surface area contributed by atoms with Crippen LogP contribution in [0.1, 0.15) is 65.4 Å². The third-order valence-electron chi connectivity index (χ3n) is 5.24. The Hall–Kier alpha value is -1.00. The number of carbonyl (C=O) groups excluding carboxylic acids is 1. The summed E-state index contributed by atoms with van der Waals surface area (Å²) in [6.45, 7) is 8.10. The molecule has 1 aromatic rings. The van der Waals surface area contributed by atoms with Gasteiger partial charge in [0.05, 0.1) is 15.7 Å². The highest BCUT2D eigenvalue weighted by atomic mass is 32.2. The molecule has 1 aliphatic rings. The van der Waals surface area contributed by atoms with E-state index in [4.69, 9.17) is 0 Å². The van der Waals surface area contributed by atoms with E-state index in [0.717, 1.165) is 32.1 Å². The molecule has 140 valence electrons. The number of carbonyl (C=O) groups is 1. The van der Waals surface area contributed by atoms with Crippen molar-refractivity contribution in [2.45, 2.75) is 77.0 Å². The maximum Gasteiger partial charge on any atom is 0.137 e. The first-order chi connectivity index (χ1) is 11.8. The third kappa shape index (κ3) is 5.75. The average molecular weight is 364 g/mol. The molecule has 3 nitrogen and oxygen atoms in total. The lowest BCUT2D eigenvalue weighted by atomic mass is 9.72. The lowest BCUT2D eigenvalue weighted by Crippen LogP contribution is -2.49. The van der Waals surface area contributed by atoms with E-state index in [9.17, 15) is 9.00 Å². The van der Waals surface area contributed by atoms with Crippen LogP contribution < -0.4 is 4.72 Å². The molecular weight excluding hydrogens is 330 g/mol. The van der Waals surface area contributed by atoms with Gasteiger partial charge in [0.15, 0.2) is 0 Å². The number of hydrogen-bond donors (Lipinski definition) is 1. The molecule has 0 bridgehead atoms. The summed E-state index contributed by atoms with van der Waals surface area (Å²) < 4.78 is 15.7. The summed E-state index contributed by atoms with van der Waals surface area (Å²) in [6, 6.07) is 10.3. The summed E-state index contributed by atoms with van der Waals surface area (Å²) in [4.78, 5) is 12.7. The Morgan fingerprint density at radius 1 is 1.24 bits per heavy atom. The van der Waals surface area contributed by atoms with E-state index in [2.05, 4.69) is 23.8 Å². The summed E-state index contributed by atoms with van der Waals surface area (Å²) in [7, 11) is -1.16. The van der Waals surface area contributed by atoms with Crippen LogP contribution in [0, 0.1) is 11.8 Å². The molecule has 0 aliphatic heterocycles. The molecular formula is C21H33NO2S. The van der Waals surface area contributed by atoms with E-state index < -0.39 is 11.0 Å². The van der Waals surface area contributed by atoms with Crippen LogP contribution in [0.15, 0.2) is 30.3 Å². The Balaban J connectivity index is 2.17. The van der Waals surface area contributed by atoms with E-state index in [1.165, 1.54) is 5.56 Å². The zero-order valence-electron chi connectivity index (χ0n) is 16.1. The maximum absolute atomic E-state index is 12.7. The molecule has 0 heterocycles. The molecule has 0 aromatic heterocycles. The predicted molar refractivity (Wildman–Crippen MR) is 106 cm³/mol. The Morgan fingerprint density at radius 3 is 2.52 bits per heavy atom. The van der Waals surface area contributed by atoms with Crippen LogP contribution in [0.3, 0.4) is 0 Å². The summed E-state index contributed by atoms with van der Waals surface area (Å²) in [5.41, 5.74) is 1.27. The van der Waals surface area contributed by atoms with Gasteiger partial charge < -0.3 is 0 Å². The molecule has 1 unspecified atom stereocenters. The SMILES string of the molecule is CC[C@H]1CCCC(=O)[C@@H]1[C@@H](CCc1ccccc1)NS(=O)C(C)(C)C. The molecule has 1 aliphatic carbocycles. The van der Waals surface area contributed by atoms with Crippen molar-refractivity contribution < 1.29 is 9.00 Å². The van der Waals surface area contributed by atoms with E-state index >= 15 is 0 Å². The topological polar surface area (TPSA) is 46.2 Å². The van der Waals surface area contributed by atoms with Crippen molar-refractivity contribution in [1.29, 1.82) is 0 Å². The minimum atomic E-state index is -1.16. The first-order valence-electron chi connectivity index (χ1n) is 9.57. The van der Waals surface area contributed by atoms with Gasteiger partial charge in [-0.2, -0.15) is 0 Å². The lowest BCUT2D eigenvalue weighted by molar-refractivity contribution is -0.127. The smallest absolute Gasteiger partial charge is 0.137 e. The summed E-state index contributed by atoms with van der Waals surface area (Å²) >= 11 is 0. The number of hydrogen-bond acceptors (Lipinski definition) is 2. The van der Waals surface area contributed by atoms with Gasteiger partial charge in [-0.25, -0.2) is 8.93 Å². The van der Waals surface area contributed by atoms with Crippen molar-refractivity contribution >= 4 is 16.8 Å². The van der Waals surface area contributed by atoms with E-state index in [0.29, 0.717) is 18.1 Å². The molecule has 0 amide bonds. The van der Waals surface area contributed by atoms with Crippen LogP contribution in [0.25, 0.3) is 0 Å². The fourth-order valence-corrected chi connectivity index (χ4v) is 4.64.